The quantitative estimate of drug-likeness (QED) is 0.688. The van der Waals surface area contributed by atoms with Gasteiger partial charge in [-0.3, -0.25) is 0 Å². The van der Waals surface area contributed by atoms with Gasteiger partial charge in [-0.2, -0.15) is 0 Å². The second-order valence-electron chi connectivity index (χ2n) is 3.88. The van der Waals surface area contributed by atoms with Gasteiger partial charge in [-0.15, -0.1) is 5.10 Å². The van der Waals surface area contributed by atoms with E-state index in [9.17, 15) is 0 Å². The topological polar surface area (TPSA) is 30.7 Å². The zero-order chi connectivity index (χ0) is 16.7. The van der Waals surface area contributed by atoms with E-state index in [0.29, 0.717) is 0 Å². The Morgan fingerprint density at radius 2 is 1.78 bits per heavy atom. The zero-order valence-corrected chi connectivity index (χ0v) is 9.73. The van der Waals surface area contributed by atoms with Crippen molar-refractivity contribution in [3.05, 3.63) is 66.2 Å². The first-order chi connectivity index (χ1) is 10.9. The number of aryl methyl sites for hydroxylation is 1. The monoisotopic (exact) mass is 240 g/mol. The van der Waals surface area contributed by atoms with E-state index >= 15 is 0 Å². The zero-order valence-electron chi connectivity index (χ0n) is 14.7. The van der Waals surface area contributed by atoms with E-state index in [2.05, 4.69) is 10.3 Å². The Labute approximate surface area is 113 Å². The predicted octanol–water partition coefficient (Wildman–Crippen LogP) is 3.24. The number of aromatic nitrogens is 3. The molecule has 0 atom stereocenters. The third kappa shape index (κ3) is 2.02. The number of hydrogen-bond donors (Lipinski definition) is 0. The van der Waals surface area contributed by atoms with Crippen molar-refractivity contribution in [1.82, 2.24) is 15.0 Å². The summed E-state index contributed by atoms with van der Waals surface area (Å²) in [6, 6.07) is 5.85. The van der Waals surface area contributed by atoms with Gasteiger partial charge in [-0.05, 0) is 19.1 Å². The van der Waals surface area contributed by atoms with E-state index in [1.807, 2.05) is 31.2 Å². The molecule has 1 aromatic heterocycles. The molecule has 0 radical (unpaired) electrons. The van der Waals surface area contributed by atoms with Crippen molar-refractivity contribution in [2.45, 2.75) is 6.92 Å². The standard InChI is InChI=1S/C15H13N3/c1-12-7-9-14(10-8-12)18-11-15(16-17-18)13-5-3-2-4-6-13/h2-11H,1H3/i2D,3D,4D,5D,6D. The molecule has 1 heterocycles. The average Bonchev–Trinajstić information content (AvgIpc) is 3.01. The first kappa shape index (κ1) is 6.50. The molecule has 0 saturated carbocycles. The molecule has 0 fully saturated rings. The summed E-state index contributed by atoms with van der Waals surface area (Å²) < 4.78 is 40.5. The average molecular weight is 240 g/mol. The fourth-order valence-electron chi connectivity index (χ4n) is 1.58. The third-order valence-electron chi connectivity index (χ3n) is 2.55. The molecule has 2 aromatic carbocycles. The lowest BCUT2D eigenvalue weighted by Gasteiger charge is -1.99. The molecule has 18 heavy (non-hydrogen) atoms. The molecule has 0 aliphatic rings. The molecule has 0 aliphatic carbocycles. The van der Waals surface area contributed by atoms with Crippen LogP contribution in [0.2, 0.25) is 0 Å². The second-order valence-corrected chi connectivity index (χ2v) is 3.88. The van der Waals surface area contributed by atoms with E-state index in [-0.39, 0.29) is 35.4 Å². The van der Waals surface area contributed by atoms with Gasteiger partial charge in [0.2, 0.25) is 0 Å². The smallest absolute Gasteiger partial charge is 0.113 e. The van der Waals surface area contributed by atoms with Gasteiger partial charge < -0.3 is 0 Å². The Kier molecular flexibility index (Phi) is 1.61. The van der Waals surface area contributed by atoms with Gasteiger partial charge in [0.25, 0.3) is 0 Å². The van der Waals surface area contributed by atoms with Crippen molar-refractivity contribution in [2.75, 3.05) is 0 Å². The van der Waals surface area contributed by atoms with Gasteiger partial charge in [-0.25, -0.2) is 4.68 Å². The molecule has 0 aliphatic heterocycles. The van der Waals surface area contributed by atoms with Gasteiger partial charge in [-0.1, -0.05) is 53.1 Å². The molecule has 0 N–H and O–H groups in total. The van der Waals surface area contributed by atoms with Crippen molar-refractivity contribution in [1.29, 1.82) is 0 Å². The summed E-state index contributed by atoms with van der Waals surface area (Å²) >= 11 is 0. The fraction of sp³-hybridized carbons (Fsp3) is 0.0667. The van der Waals surface area contributed by atoms with E-state index in [1.54, 1.807) is 6.20 Å². The third-order valence-corrected chi connectivity index (χ3v) is 2.55. The van der Waals surface area contributed by atoms with Gasteiger partial charge in [0.05, 0.1) is 18.7 Å². The lowest BCUT2D eigenvalue weighted by molar-refractivity contribution is 0.803. The Balaban J connectivity index is 2.13. The summed E-state index contributed by atoms with van der Waals surface area (Å²) in [7, 11) is 0. The molecule has 88 valence electrons. The Morgan fingerprint density at radius 1 is 1.06 bits per heavy atom. The maximum absolute atomic E-state index is 7.97. The molecule has 3 rings (SSSR count). The van der Waals surface area contributed by atoms with E-state index in [1.165, 1.54) is 4.68 Å². The molecule has 0 saturated heterocycles. The second kappa shape index (κ2) is 4.45. The minimum atomic E-state index is -0.422. The molecule has 0 spiro atoms. The highest BCUT2D eigenvalue weighted by Crippen LogP contribution is 2.17. The molecule has 0 bridgehead atoms. The summed E-state index contributed by atoms with van der Waals surface area (Å²) in [6.07, 6.45) is 1.55. The van der Waals surface area contributed by atoms with Crippen LogP contribution in [0.5, 0.6) is 0 Å². The Morgan fingerprint density at radius 3 is 2.50 bits per heavy atom. The normalized spacial score (nSPS) is 14.4. The molecular formula is C15H13N3. The van der Waals surface area contributed by atoms with Crippen LogP contribution in [0.4, 0.5) is 0 Å². The predicted molar refractivity (Wildman–Crippen MR) is 71.5 cm³/mol. The van der Waals surface area contributed by atoms with Gasteiger partial charge in [0.15, 0.2) is 0 Å². The number of nitrogens with zero attached hydrogens (tertiary/aromatic N) is 3. The molecule has 3 aromatic rings. The van der Waals surface area contributed by atoms with Gasteiger partial charge in [0, 0.05) is 5.56 Å². The highest BCUT2D eigenvalue weighted by Gasteiger charge is 2.04. The molecule has 3 heteroatoms. The van der Waals surface area contributed by atoms with Crippen molar-refractivity contribution in [3.8, 4) is 16.9 Å². The summed E-state index contributed by atoms with van der Waals surface area (Å²) in [6.45, 7) is 1.98. The Bertz CT molecular complexity index is 858. The molecular weight excluding hydrogens is 222 g/mol. The number of benzene rings is 2. The summed E-state index contributed by atoms with van der Waals surface area (Å²) in [5.41, 5.74) is 2.18. The molecule has 0 unspecified atom stereocenters. The minimum absolute atomic E-state index is 0.0503. The van der Waals surface area contributed by atoms with Crippen LogP contribution in [0, 0.1) is 6.92 Å². The van der Waals surface area contributed by atoms with Crippen LogP contribution in [-0.4, -0.2) is 15.0 Å². The van der Waals surface area contributed by atoms with Crippen LogP contribution in [0.15, 0.2) is 60.7 Å². The van der Waals surface area contributed by atoms with Crippen LogP contribution in [0.25, 0.3) is 16.9 Å². The Hall–Kier alpha value is -2.42. The van der Waals surface area contributed by atoms with Crippen LogP contribution in [0.1, 0.15) is 12.4 Å². The highest BCUT2D eigenvalue weighted by molar-refractivity contribution is 5.57. The van der Waals surface area contributed by atoms with E-state index in [0.717, 1.165) is 11.3 Å². The molecule has 3 nitrogen and oxygen atoms in total. The minimum Gasteiger partial charge on any atom is -0.220 e. The maximum atomic E-state index is 7.97. The van der Waals surface area contributed by atoms with Gasteiger partial charge in [0.1, 0.15) is 5.69 Å². The summed E-state index contributed by atoms with van der Waals surface area (Å²) in [4.78, 5) is 0. The van der Waals surface area contributed by atoms with Gasteiger partial charge >= 0.3 is 0 Å². The lowest BCUT2D eigenvalue weighted by atomic mass is 10.2. The largest absolute Gasteiger partial charge is 0.220 e. The first-order valence-corrected chi connectivity index (χ1v) is 5.47. The fourth-order valence-corrected chi connectivity index (χ4v) is 1.58. The summed E-state index contributed by atoms with van der Waals surface area (Å²) in [5.74, 6) is 0. The van der Waals surface area contributed by atoms with Crippen LogP contribution >= 0.6 is 0 Å². The van der Waals surface area contributed by atoms with Crippen molar-refractivity contribution in [3.63, 3.8) is 0 Å². The molecule has 0 amide bonds. The lowest BCUT2D eigenvalue weighted by Crippen LogP contribution is -1.94. The van der Waals surface area contributed by atoms with E-state index in [4.69, 9.17) is 6.85 Å². The van der Waals surface area contributed by atoms with Crippen LogP contribution < -0.4 is 0 Å². The van der Waals surface area contributed by atoms with Crippen molar-refractivity contribution in [2.24, 2.45) is 0 Å². The number of hydrogen-bond acceptors (Lipinski definition) is 2. The summed E-state index contributed by atoms with van der Waals surface area (Å²) in [5, 5.41) is 7.95. The maximum Gasteiger partial charge on any atom is 0.113 e. The number of rotatable bonds is 2. The van der Waals surface area contributed by atoms with Crippen molar-refractivity contribution >= 4 is 0 Å². The first-order valence-electron chi connectivity index (χ1n) is 7.97. The van der Waals surface area contributed by atoms with Crippen molar-refractivity contribution < 1.29 is 6.85 Å². The van der Waals surface area contributed by atoms with Crippen LogP contribution in [0.3, 0.4) is 0 Å². The van der Waals surface area contributed by atoms with Crippen LogP contribution in [-0.2, 0) is 0 Å². The van der Waals surface area contributed by atoms with E-state index < -0.39 is 6.04 Å². The SMILES string of the molecule is [2H]c1c([2H])c([2H])c(-c2cn(-c3ccc(C)cc3)nn2)c([2H])c1[2H]. The highest BCUT2D eigenvalue weighted by atomic mass is 15.4.